The molecule has 104 valence electrons. The number of alkyl halides is 1. The van der Waals surface area contributed by atoms with Crippen molar-refractivity contribution in [1.29, 1.82) is 0 Å². The van der Waals surface area contributed by atoms with Crippen molar-refractivity contribution >= 4 is 63.9 Å². The van der Waals surface area contributed by atoms with Gasteiger partial charge in [-0.05, 0) is 42.6 Å². The Kier molecular flexibility index (Phi) is 4.50. The second-order valence-corrected chi connectivity index (χ2v) is 8.17. The molecule has 0 N–H and O–H groups in total. The molecule has 1 unspecified atom stereocenters. The molecule has 0 aliphatic rings. The van der Waals surface area contributed by atoms with Crippen molar-refractivity contribution in [2.45, 2.75) is 11.8 Å². The lowest BCUT2D eigenvalue weighted by Crippen LogP contribution is -1.99. The quantitative estimate of drug-likeness (QED) is 0.422. The third kappa shape index (κ3) is 2.82. The average molecular weight is 432 g/mol. The van der Waals surface area contributed by atoms with Crippen LogP contribution in [0.15, 0.2) is 40.2 Å². The van der Waals surface area contributed by atoms with Crippen LogP contribution in [0.3, 0.4) is 0 Å². The van der Waals surface area contributed by atoms with Gasteiger partial charge in [-0.15, -0.1) is 22.7 Å². The Morgan fingerprint density at radius 3 is 2.80 bits per heavy atom. The SMILES string of the molecule is CCOc1ccc(Br)cc1C(Br)c1cc2sccc2s1. The average Bonchev–Trinajstić information content (AvgIpc) is 3.01. The Hall–Kier alpha value is -0.360. The summed E-state index contributed by atoms with van der Waals surface area (Å²) in [6.45, 7) is 2.68. The minimum absolute atomic E-state index is 0.158. The predicted molar refractivity (Wildman–Crippen MR) is 95.8 cm³/mol. The first-order valence-electron chi connectivity index (χ1n) is 6.22. The summed E-state index contributed by atoms with van der Waals surface area (Å²) >= 11 is 11.0. The highest BCUT2D eigenvalue weighted by Gasteiger charge is 2.18. The van der Waals surface area contributed by atoms with Gasteiger partial charge in [0.1, 0.15) is 5.75 Å². The van der Waals surface area contributed by atoms with Crippen molar-refractivity contribution in [3.05, 3.63) is 50.6 Å². The van der Waals surface area contributed by atoms with Crippen LogP contribution in [-0.2, 0) is 0 Å². The van der Waals surface area contributed by atoms with E-state index in [0.29, 0.717) is 6.61 Å². The molecule has 3 aromatic rings. The summed E-state index contributed by atoms with van der Waals surface area (Å²) in [6.07, 6.45) is 0. The lowest BCUT2D eigenvalue weighted by atomic mass is 10.1. The van der Waals surface area contributed by atoms with Crippen molar-refractivity contribution in [3.63, 3.8) is 0 Å². The summed E-state index contributed by atoms with van der Waals surface area (Å²) in [5.41, 5.74) is 1.16. The topological polar surface area (TPSA) is 9.23 Å². The zero-order valence-electron chi connectivity index (χ0n) is 10.7. The second-order valence-electron chi connectivity index (χ2n) is 4.28. The fraction of sp³-hybridized carbons (Fsp3) is 0.200. The van der Waals surface area contributed by atoms with E-state index in [1.54, 1.807) is 11.3 Å². The standard InChI is InChI=1S/C15H12Br2OS2/c1-2-18-11-4-3-9(16)7-10(11)15(17)14-8-13-12(20-14)5-6-19-13/h3-8,15H,2H2,1H3. The first kappa shape index (κ1) is 14.6. The third-order valence-electron chi connectivity index (χ3n) is 2.95. The van der Waals surface area contributed by atoms with Crippen LogP contribution in [0.4, 0.5) is 0 Å². The van der Waals surface area contributed by atoms with E-state index in [1.807, 2.05) is 30.4 Å². The van der Waals surface area contributed by atoms with Crippen LogP contribution in [0.2, 0.25) is 0 Å². The first-order valence-corrected chi connectivity index (χ1v) is 9.62. The molecule has 0 aliphatic heterocycles. The van der Waals surface area contributed by atoms with Crippen LogP contribution in [0.1, 0.15) is 22.2 Å². The highest BCUT2D eigenvalue weighted by molar-refractivity contribution is 9.10. The minimum atomic E-state index is 0.158. The van der Waals surface area contributed by atoms with Gasteiger partial charge in [0.05, 0.1) is 11.4 Å². The maximum absolute atomic E-state index is 5.75. The monoisotopic (exact) mass is 430 g/mol. The Morgan fingerprint density at radius 1 is 1.20 bits per heavy atom. The van der Waals surface area contributed by atoms with Gasteiger partial charge in [0.25, 0.3) is 0 Å². The van der Waals surface area contributed by atoms with Crippen molar-refractivity contribution in [1.82, 2.24) is 0 Å². The number of hydrogen-bond acceptors (Lipinski definition) is 3. The van der Waals surface area contributed by atoms with E-state index in [1.165, 1.54) is 14.3 Å². The molecule has 0 spiro atoms. The number of rotatable bonds is 4. The third-order valence-corrected chi connectivity index (χ3v) is 6.89. The molecule has 0 saturated heterocycles. The number of fused-ring (bicyclic) bond motifs is 1. The summed E-state index contributed by atoms with van der Waals surface area (Å²) in [5.74, 6) is 0.939. The molecule has 0 saturated carbocycles. The highest BCUT2D eigenvalue weighted by atomic mass is 79.9. The molecule has 1 aromatic carbocycles. The van der Waals surface area contributed by atoms with Gasteiger partial charge in [-0.1, -0.05) is 31.9 Å². The molecule has 0 aliphatic carbocycles. The molecule has 0 bridgehead atoms. The molecular weight excluding hydrogens is 420 g/mol. The van der Waals surface area contributed by atoms with Gasteiger partial charge in [0.15, 0.2) is 0 Å². The molecule has 0 radical (unpaired) electrons. The molecule has 0 fully saturated rings. The maximum atomic E-state index is 5.75. The summed E-state index contributed by atoms with van der Waals surface area (Å²) in [5, 5.41) is 2.14. The number of thiophene rings is 2. The lowest BCUT2D eigenvalue weighted by molar-refractivity contribution is 0.337. The molecule has 1 atom stereocenters. The van der Waals surface area contributed by atoms with Crippen LogP contribution in [-0.4, -0.2) is 6.61 Å². The van der Waals surface area contributed by atoms with Crippen molar-refractivity contribution in [2.75, 3.05) is 6.61 Å². The minimum Gasteiger partial charge on any atom is -0.494 e. The smallest absolute Gasteiger partial charge is 0.124 e. The molecule has 5 heteroatoms. The molecule has 0 amide bonds. The van der Waals surface area contributed by atoms with E-state index in [2.05, 4.69) is 55.4 Å². The number of hydrogen-bond donors (Lipinski definition) is 0. The maximum Gasteiger partial charge on any atom is 0.124 e. The van der Waals surface area contributed by atoms with Gasteiger partial charge in [-0.25, -0.2) is 0 Å². The zero-order chi connectivity index (χ0) is 14.1. The summed E-state index contributed by atoms with van der Waals surface area (Å²) in [7, 11) is 0. The van der Waals surface area contributed by atoms with Crippen molar-refractivity contribution in [2.24, 2.45) is 0 Å². The second kappa shape index (κ2) is 6.18. The molecule has 1 nitrogen and oxygen atoms in total. The number of benzene rings is 1. The molecule has 3 rings (SSSR count). The van der Waals surface area contributed by atoms with E-state index in [4.69, 9.17) is 4.74 Å². The summed E-state index contributed by atoms with van der Waals surface area (Å²) in [4.78, 5) is 1.47. The van der Waals surface area contributed by atoms with Crippen LogP contribution < -0.4 is 4.74 Å². The van der Waals surface area contributed by atoms with Gasteiger partial charge in [-0.3, -0.25) is 0 Å². The van der Waals surface area contributed by atoms with Crippen LogP contribution in [0.5, 0.6) is 5.75 Å². The number of halogens is 2. The Labute approximate surface area is 142 Å². The van der Waals surface area contributed by atoms with Crippen LogP contribution in [0, 0.1) is 0 Å². The van der Waals surface area contributed by atoms with E-state index in [9.17, 15) is 0 Å². The van der Waals surface area contributed by atoms with Crippen LogP contribution in [0.25, 0.3) is 9.40 Å². The van der Waals surface area contributed by atoms with Crippen molar-refractivity contribution in [3.8, 4) is 5.75 Å². The Morgan fingerprint density at radius 2 is 2.05 bits per heavy atom. The summed E-state index contributed by atoms with van der Waals surface area (Å²) < 4.78 is 9.51. The Balaban J connectivity index is 2.02. The first-order chi connectivity index (χ1) is 9.69. The van der Waals surface area contributed by atoms with E-state index < -0.39 is 0 Å². The Bertz CT molecular complexity index is 704. The van der Waals surface area contributed by atoms with E-state index in [0.717, 1.165) is 15.8 Å². The van der Waals surface area contributed by atoms with E-state index >= 15 is 0 Å². The number of ether oxygens (including phenoxy) is 1. The van der Waals surface area contributed by atoms with Gasteiger partial charge >= 0.3 is 0 Å². The van der Waals surface area contributed by atoms with Gasteiger partial charge < -0.3 is 4.74 Å². The van der Waals surface area contributed by atoms with Crippen molar-refractivity contribution < 1.29 is 4.74 Å². The molecular formula is C15H12Br2OS2. The van der Waals surface area contributed by atoms with Gasteiger partial charge in [0, 0.05) is 24.3 Å². The normalized spacial score (nSPS) is 12.8. The molecule has 2 aromatic heterocycles. The zero-order valence-corrected chi connectivity index (χ0v) is 15.5. The van der Waals surface area contributed by atoms with Crippen LogP contribution >= 0.6 is 54.5 Å². The van der Waals surface area contributed by atoms with Gasteiger partial charge in [0.2, 0.25) is 0 Å². The summed E-state index contributed by atoms with van der Waals surface area (Å²) in [6, 6.07) is 10.6. The molecule has 2 heterocycles. The fourth-order valence-corrected chi connectivity index (χ4v) is 5.33. The lowest BCUT2D eigenvalue weighted by Gasteiger charge is -2.14. The predicted octanol–water partition coefficient (Wildman–Crippen LogP) is 6.61. The highest BCUT2D eigenvalue weighted by Crippen LogP contribution is 2.43. The largest absolute Gasteiger partial charge is 0.494 e. The van der Waals surface area contributed by atoms with E-state index in [-0.39, 0.29) is 4.83 Å². The molecule has 20 heavy (non-hydrogen) atoms. The van der Waals surface area contributed by atoms with Gasteiger partial charge in [-0.2, -0.15) is 0 Å². The fourth-order valence-electron chi connectivity index (χ4n) is 2.07.